The fraction of sp³-hybridized carbons (Fsp3) is 0.545. The lowest BCUT2D eigenvalue weighted by molar-refractivity contribution is -0.137. The quantitative estimate of drug-likeness (QED) is 0.374. The number of allylic oxidation sites excluding steroid dienone is 1. The Morgan fingerprint density at radius 2 is 1.89 bits per heavy atom. The van der Waals surface area contributed by atoms with Gasteiger partial charge < -0.3 is 20.1 Å². The van der Waals surface area contributed by atoms with Gasteiger partial charge in [-0.2, -0.15) is 0 Å². The summed E-state index contributed by atoms with van der Waals surface area (Å²) in [7, 11) is 0. The summed E-state index contributed by atoms with van der Waals surface area (Å²) in [5.74, 6) is -0.651. The van der Waals surface area contributed by atoms with Crippen molar-refractivity contribution in [2.45, 2.75) is 57.2 Å². The van der Waals surface area contributed by atoms with E-state index in [1.54, 1.807) is 24.3 Å². The second-order valence-corrected chi connectivity index (χ2v) is 7.35. The number of para-hydroxylation sites is 1. The molecule has 1 aliphatic rings. The number of aliphatic hydroxyl groups excluding tert-OH is 2. The third-order valence-electron chi connectivity index (χ3n) is 5.12. The van der Waals surface area contributed by atoms with Gasteiger partial charge in [-0.05, 0) is 30.9 Å². The van der Waals surface area contributed by atoms with Crippen molar-refractivity contribution in [3.8, 4) is 5.75 Å². The van der Waals surface area contributed by atoms with Crippen molar-refractivity contribution in [3.63, 3.8) is 0 Å². The molecule has 2 rings (SSSR count). The molecule has 0 saturated heterocycles. The molecule has 154 valence electrons. The van der Waals surface area contributed by atoms with Crippen LogP contribution < -0.4 is 4.74 Å². The summed E-state index contributed by atoms with van der Waals surface area (Å²) in [6.07, 6.45) is 6.04. The lowest BCUT2D eigenvalue weighted by Crippen LogP contribution is -2.20. The molecule has 1 aliphatic carbocycles. The molecule has 6 nitrogen and oxygen atoms in total. The Morgan fingerprint density at radius 1 is 1.18 bits per heavy atom. The number of carboxylic acids is 1. The fourth-order valence-electron chi connectivity index (χ4n) is 3.61. The minimum atomic E-state index is -0.831. The number of ether oxygens (including phenoxy) is 1. The van der Waals surface area contributed by atoms with Crippen LogP contribution in [0.15, 0.2) is 42.5 Å². The van der Waals surface area contributed by atoms with E-state index >= 15 is 0 Å². The number of carbonyl (C=O) groups is 2. The monoisotopic (exact) mass is 390 g/mol. The van der Waals surface area contributed by atoms with Crippen LogP contribution in [0.25, 0.3) is 0 Å². The van der Waals surface area contributed by atoms with E-state index in [4.69, 9.17) is 9.84 Å². The van der Waals surface area contributed by atoms with Gasteiger partial charge in [-0.15, -0.1) is 0 Å². The Hall–Kier alpha value is -2.18. The Kier molecular flexibility index (Phi) is 9.17. The van der Waals surface area contributed by atoms with Crippen molar-refractivity contribution >= 4 is 11.8 Å². The van der Waals surface area contributed by atoms with Crippen LogP contribution in [-0.4, -0.2) is 45.9 Å². The van der Waals surface area contributed by atoms with Crippen LogP contribution in [0, 0.1) is 11.8 Å². The maximum Gasteiger partial charge on any atom is 0.303 e. The van der Waals surface area contributed by atoms with Gasteiger partial charge in [0.1, 0.15) is 24.2 Å². The van der Waals surface area contributed by atoms with E-state index in [9.17, 15) is 19.8 Å². The number of carbonyl (C=O) groups excluding carboxylic acids is 1. The number of benzene rings is 1. The Morgan fingerprint density at radius 3 is 2.61 bits per heavy atom. The largest absolute Gasteiger partial charge is 0.491 e. The molecule has 28 heavy (non-hydrogen) atoms. The number of aliphatic carboxylic acids is 1. The molecular weight excluding hydrogens is 360 g/mol. The summed E-state index contributed by atoms with van der Waals surface area (Å²) in [5.41, 5.74) is 0. The van der Waals surface area contributed by atoms with Crippen LogP contribution in [0.2, 0.25) is 0 Å². The molecule has 6 heteroatoms. The van der Waals surface area contributed by atoms with Gasteiger partial charge in [0.15, 0.2) is 0 Å². The molecule has 0 heterocycles. The first-order valence-electron chi connectivity index (χ1n) is 9.94. The van der Waals surface area contributed by atoms with Crippen molar-refractivity contribution in [3.05, 3.63) is 42.5 Å². The number of unbranched alkanes of at least 4 members (excludes halogenated alkanes) is 3. The summed E-state index contributed by atoms with van der Waals surface area (Å²) < 4.78 is 5.50. The van der Waals surface area contributed by atoms with Crippen LogP contribution in [0.1, 0.15) is 44.9 Å². The number of hydrogen-bond donors (Lipinski definition) is 3. The highest BCUT2D eigenvalue weighted by Gasteiger charge is 2.39. The van der Waals surface area contributed by atoms with Crippen LogP contribution in [0.5, 0.6) is 5.75 Å². The highest BCUT2D eigenvalue weighted by molar-refractivity contribution is 5.85. The van der Waals surface area contributed by atoms with Crippen molar-refractivity contribution in [1.82, 2.24) is 0 Å². The molecule has 0 aromatic heterocycles. The predicted octanol–water partition coefficient (Wildman–Crippen LogP) is 2.97. The molecule has 1 aromatic rings. The first kappa shape index (κ1) is 22.1. The normalized spacial score (nSPS) is 23.2. The lowest BCUT2D eigenvalue weighted by atomic mass is 9.88. The molecule has 1 fully saturated rings. The number of Topliss-reactive ketones (excluding diaryl/α,β-unsaturated/α-hetero) is 1. The SMILES string of the molecule is O=C(O)CCCCCC[C@H]1[C@@H](O)CC(=O)[C@@H]1C=C[C@@H](O)COc1ccccc1. The highest BCUT2D eigenvalue weighted by Crippen LogP contribution is 2.34. The van der Waals surface area contributed by atoms with Gasteiger partial charge in [-0.3, -0.25) is 9.59 Å². The summed E-state index contributed by atoms with van der Waals surface area (Å²) in [6.45, 7) is 0.0955. The average Bonchev–Trinajstić information content (AvgIpc) is 2.94. The molecule has 3 N–H and O–H groups in total. The molecule has 1 saturated carbocycles. The van der Waals surface area contributed by atoms with Crippen molar-refractivity contribution in [1.29, 1.82) is 0 Å². The van der Waals surface area contributed by atoms with E-state index in [1.807, 2.05) is 18.2 Å². The maximum absolute atomic E-state index is 12.2. The van der Waals surface area contributed by atoms with Gasteiger partial charge in [0.2, 0.25) is 0 Å². The van der Waals surface area contributed by atoms with Gasteiger partial charge in [0, 0.05) is 18.8 Å². The minimum Gasteiger partial charge on any atom is -0.491 e. The first-order chi connectivity index (χ1) is 13.5. The third kappa shape index (κ3) is 7.44. The molecule has 1 aromatic carbocycles. The van der Waals surface area contributed by atoms with E-state index < -0.39 is 18.2 Å². The van der Waals surface area contributed by atoms with E-state index in [0.717, 1.165) is 19.3 Å². The molecule has 4 atom stereocenters. The predicted molar refractivity (Wildman–Crippen MR) is 105 cm³/mol. The van der Waals surface area contributed by atoms with E-state index in [0.29, 0.717) is 18.6 Å². The maximum atomic E-state index is 12.2. The van der Waals surface area contributed by atoms with E-state index in [-0.39, 0.29) is 37.1 Å². The van der Waals surface area contributed by atoms with Crippen molar-refractivity contribution in [2.75, 3.05) is 6.61 Å². The van der Waals surface area contributed by atoms with Crippen molar-refractivity contribution in [2.24, 2.45) is 11.8 Å². The van der Waals surface area contributed by atoms with Gasteiger partial charge in [0.05, 0.1) is 6.10 Å². The highest BCUT2D eigenvalue weighted by atomic mass is 16.5. The van der Waals surface area contributed by atoms with Gasteiger partial charge in [-0.1, -0.05) is 49.6 Å². The van der Waals surface area contributed by atoms with E-state index in [1.165, 1.54) is 0 Å². The molecule has 0 aliphatic heterocycles. The zero-order chi connectivity index (χ0) is 20.4. The summed E-state index contributed by atoms with van der Waals surface area (Å²) >= 11 is 0. The standard InChI is InChI=1S/C22H30O6/c23-16(15-28-17-8-4-3-5-9-17)12-13-19-18(20(24)14-21(19)25)10-6-1-2-7-11-22(26)27/h3-5,8-9,12-13,16,18-20,23-24H,1-2,6-7,10-11,14-15H2,(H,26,27)/t16-,18-,19-,20+/m1/s1. The minimum absolute atomic E-state index is 0.00388. The van der Waals surface area contributed by atoms with E-state index in [2.05, 4.69) is 0 Å². The Labute approximate surface area is 165 Å². The number of carboxylic acid groups (broad SMARTS) is 1. The van der Waals surface area contributed by atoms with Crippen LogP contribution in [0.3, 0.4) is 0 Å². The molecule has 0 unspecified atom stereocenters. The zero-order valence-electron chi connectivity index (χ0n) is 16.1. The second kappa shape index (κ2) is 11.6. The van der Waals surface area contributed by atoms with Gasteiger partial charge in [-0.25, -0.2) is 0 Å². The zero-order valence-corrected chi connectivity index (χ0v) is 16.1. The third-order valence-corrected chi connectivity index (χ3v) is 5.12. The molecule has 0 spiro atoms. The van der Waals surface area contributed by atoms with Crippen LogP contribution in [0.4, 0.5) is 0 Å². The molecule has 0 amide bonds. The topological polar surface area (TPSA) is 104 Å². The van der Waals surface area contributed by atoms with Crippen LogP contribution >= 0.6 is 0 Å². The second-order valence-electron chi connectivity index (χ2n) is 7.35. The number of aliphatic hydroxyl groups is 2. The number of hydrogen-bond acceptors (Lipinski definition) is 5. The van der Waals surface area contributed by atoms with Gasteiger partial charge >= 0.3 is 5.97 Å². The summed E-state index contributed by atoms with van der Waals surface area (Å²) in [5, 5.41) is 28.9. The summed E-state index contributed by atoms with van der Waals surface area (Å²) in [6, 6.07) is 9.19. The van der Waals surface area contributed by atoms with Crippen molar-refractivity contribution < 1.29 is 29.6 Å². The smallest absolute Gasteiger partial charge is 0.303 e. The number of rotatable bonds is 12. The lowest BCUT2D eigenvalue weighted by Gasteiger charge is -2.19. The first-order valence-corrected chi connectivity index (χ1v) is 9.94. The molecular formula is C22H30O6. The Bertz CT molecular complexity index is 642. The Balaban J connectivity index is 1.77. The summed E-state index contributed by atoms with van der Waals surface area (Å²) in [4.78, 5) is 22.7. The van der Waals surface area contributed by atoms with Crippen LogP contribution in [-0.2, 0) is 9.59 Å². The molecule has 0 bridgehead atoms. The fourth-order valence-corrected chi connectivity index (χ4v) is 3.61. The number of ketones is 1. The average molecular weight is 390 g/mol. The van der Waals surface area contributed by atoms with Gasteiger partial charge in [0.25, 0.3) is 0 Å². The molecule has 0 radical (unpaired) electrons.